The maximum absolute atomic E-state index is 13.0. The van der Waals surface area contributed by atoms with Crippen molar-refractivity contribution in [1.82, 2.24) is 9.29 Å². The van der Waals surface area contributed by atoms with Crippen LogP contribution in [0.4, 0.5) is 0 Å². The maximum atomic E-state index is 13.0. The molecule has 128 valence electrons. The largest absolute Gasteiger partial charge is 0.327 e. The number of nitrogens with two attached hydrogens (primary N) is 1. The van der Waals surface area contributed by atoms with Crippen LogP contribution in [-0.2, 0) is 10.0 Å². The molecular weight excluding hydrogens is 342 g/mol. The molecule has 2 fully saturated rings. The molecule has 2 aromatic rings. The number of hydrogen-bond acceptors (Lipinski definition) is 5. The van der Waals surface area contributed by atoms with E-state index in [2.05, 4.69) is 4.98 Å². The Bertz CT molecular complexity index is 862. The standard InChI is InChI=1S/C17H21N3O2S2/c1-11-10-23-17(19-11)12-3-2-4-14(7-12)24(21,22)20-8-13-5-6-16(18)15(13)9-20/h2-4,7,10,13,15-16H,5-6,8-9,18H2,1H3. The Labute approximate surface area is 146 Å². The van der Waals surface area contributed by atoms with Crippen LogP contribution in [0.3, 0.4) is 0 Å². The Kier molecular flexibility index (Phi) is 3.99. The molecule has 2 aliphatic rings. The molecule has 1 saturated carbocycles. The van der Waals surface area contributed by atoms with Gasteiger partial charge in [-0.25, -0.2) is 13.4 Å². The second-order valence-corrected chi connectivity index (χ2v) is 9.61. The van der Waals surface area contributed by atoms with Crippen molar-refractivity contribution < 1.29 is 8.42 Å². The Morgan fingerprint density at radius 2 is 2.12 bits per heavy atom. The van der Waals surface area contributed by atoms with Gasteiger partial charge in [-0.05, 0) is 43.7 Å². The topological polar surface area (TPSA) is 76.3 Å². The van der Waals surface area contributed by atoms with Crippen LogP contribution in [0.25, 0.3) is 10.6 Å². The highest BCUT2D eigenvalue weighted by atomic mass is 32.2. The zero-order valence-corrected chi connectivity index (χ0v) is 15.2. The summed E-state index contributed by atoms with van der Waals surface area (Å²) in [5.74, 6) is 0.726. The average Bonchev–Trinajstić information content (AvgIpc) is 3.26. The summed E-state index contributed by atoms with van der Waals surface area (Å²) in [4.78, 5) is 4.80. The lowest BCUT2D eigenvalue weighted by atomic mass is 9.98. The molecule has 0 amide bonds. The van der Waals surface area contributed by atoms with E-state index in [9.17, 15) is 8.42 Å². The fourth-order valence-electron chi connectivity index (χ4n) is 3.89. The normalized spacial score (nSPS) is 27.5. The highest BCUT2D eigenvalue weighted by Crippen LogP contribution is 2.39. The summed E-state index contributed by atoms with van der Waals surface area (Å²) in [5, 5.41) is 2.82. The van der Waals surface area contributed by atoms with Crippen molar-refractivity contribution in [3.8, 4) is 10.6 Å². The molecule has 1 aromatic heterocycles. The van der Waals surface area contributed by atoms with E-state index in [1.807, 2.05) is 18.4 Å². The van der Waals surface area contributed by atoms with Crippen molar-refractivity contribution >= 4 is 21.4 Å². The molecule has 1 saturated heterocycles. The van der Waals surface area contributed by atoms with Crippen molar-refractivity contribution in [2.45, 2.75) is 30.7 Å². The zero-order chi connectivity index (χ0) is 16.9. The van der Waals surface area contributed by atoms with E-state index in [4.69, 9.17) is 5.73 Å². The zero-order valence-electron chi connectivity index (χ0n) is 13.6. The molecule has 24 heavy (non-hydrogen) atoms. The maximum Gasteiger partial charge on any atom is 0.243 e. The van der Waals surface area contributed by atoms with Gasteiger partial charge in [-0.15, -0.1) is 11.3 Å². The van der Waals surface area contributed by atoms with Crippen LogP contribution in [0.5, 0.6) is 0 Å². The van der Waals surface area contributed by atoms with Gasteiger partial charge in [0.25, 0.3) is 0 Å². The van der Waals surface area contributed by atoms with Gasteiger partial charge in [-0.2, -0.15) is 4.31 Å². The number of benzene rings is 1. The number of rotatable bonds is 3. The van der Waals surface area contributed by atoms with Crippen LogP contribution in [0.1, 0.15) is 18.5 Å². The minimum absolute atomic E-state index is 0.139. The third kappa shape index (κ3) is 2.69. The van der Waals surface area contributed by atoms with Crippen LogP contribution in [-0.4, -0.2) is 36.8 Å². The molecule has 4 rings (SSSR count). The molecule has 1 aliphatic carbocycles. The van der Waals surface area contributed by atoms with Crippen molar-refractivity contribution in [1.29, 1.82) is 0 Å². The fourth-order valence-corrected chi connectivity index (χ4v) is 6.26. The molecule has 7 heteroatoms. The number of hydrogen-bond donors (Lipinski definition) is 1. The van der Waals surface area contributed by atoms with Crippen LogP contribution < -0.4 is 5.73 Å². The first kappa shape index (κ1) is 16.2. The van der Waals surface area contributed by atoms with Crippen LogP contribution >= 0.6 is 11.3 Å². The first-order valence-corrected chi connectivity index (χ1v) is 10.6. The smallest absolute Gasteiger partial charge is 0.243 e. The third-order valence-electron chi connectivity index (χ3n) is 5.22. The van der Waals surface area contributed by atoms with E-state index >= 15 is 0 Å². The molecule has 2 N–H and O–H groups in total. The van der Waals surface area contributed by atoms with E-state index in [0.717, 1.165) is 29.1 Å². The predicted octanol–water partition coefficient (Wildman–Crippen LogP) is 2.48. The Morgan fingerprint density at radius 1 is 1.29 bits per heavy atom. The quantitative estimate of drug-likeness (QED) is 0.909. The third-order valence-corrected chi connectivity index (χ3v) is 8.05. The van der Waals surface area contributed by atoms with E-state index < -0.39 is 10.0 Å². The monoisotopic (exact) mass is 363 g/mol. The number of fused-ring (bicyclic) bond motifs is 1. The highest BCUT2D eigenvalue weighted by Gasteiger charge is 2.45. The van der Waals surface area contributed by atoms with Gasteiger partial charge in [-0.1, -0.05) is 12.1 Å². The van der Waals surface area contributed by atoms with Crippen LogP contribution in [0.2, 0.25) is 0 Å². The fraction of sp³-hybridized carbons (Fsp3) is 0.471. The van der Waals surface area contributed by atoms with Gasteiger partial charge in [0.2, 0.25) is 10.0 Å². The second kappa shape index (κ2) is 5.91. The lowest BCUT2D eigenvalue weighted by molar-refractivity contribution is 0.427. The molecule has 3 atom stereocenters. The molecule has 0 radical (unpaired) electrons. The first-order valence-electron chi connectivity index (χ1n) is 8.23. The Balaban J connectivity index is 1.63. The summed E-state index contributed by atoms with van der Waals surface area (Å²) < 4.78 is 27.7. The number of aryl methyl sites for hydroxylation is 1. The van der Waals surface area contributed by atoms with E-state index in [-0.39, 0.29) is 6.04 Å². The molecule has 2 heterocycles. The molecule has 1 aromatic carbocycles. The number of thiazole rings is 1. The van der Waals surface area contributed by atoms with Gasteiger partial charge in [0, 0.05) is 35.8 Å². The Hall–Kier alpha value is -1.28. The molecular formula is C17H21N3O2S2. The summed E-state index contributed by atoms with van der Waals surface area (Å²) in [6.45, 7) is 3.09. The van der Waals surface area contributed by atoms with Gasteiger partial charge >= 0.3 is 0 Å². The second-order valence-electron chi connectivity index (χ2n) is 6.81. The van der Waals surface area contributed by atoms with Gasteiger partial charge in [0.15, 0.2) is 0 Å². The molecule has 0 spiro atoms. The first-order chi connectivity index (χ1) is 11.4. The number of nitrogens with zero attached hydrogens (tertiary/aromatic N) is 2. The van der Waals surface area contributed by atoms with E-state index in [0.29, 0.717) is 29.8 Å². The van der Waals surface area contributed by atoms with Crippen molar-refractivity contribution in [3.05, 3.63) is 35.3 Å². The minimum Gasteiger partial charge on any atom is -0.327 e. The van der Waals surface area contributed by atoms with Crippen molar-refractivity contribution in [3.63, 3.8) is 0 Å². The van der Waals surface area contributed by atoms with Crippen molar-refractivity contribution in [2.24, 2.45) is 17.6 Å². The summed E-state index contributed by atoms with van der Waals surface area (Å²) in [7, 11) is -3.47. The number of sulfonamides is 1. The summed E-state index contributed by atoms with van der Waals surface area (Å²) in [5.41, 5.74) is 7.94. The van der Waals surface area contributed by atoms with Gasteiger partial charge in [0.1, 0.15) is 5.01 Å². The lowest BCUT2D eigenvalue weighted by Gasteiger charge is -2.19. The lowest BCUT2D eigenvalue weighted by Crippen LogP contribution is -2.33. The highest BCUT2D eigenvalue weighted by molar-refractivity contribution is 7.89. The van der Waals surface area contributed by atoms with Gasteiger partial charge in [0.05, 0.1) is 4.90 Å². The SMILES string of the molecule is Cc1csc(-c2cccc(S(=O)(=O)N3CC4CCC(N)C4C3)c2)n1. The molecule has 1 aliphatic heterocycles. The average molecular weight is 364 g/mol. The van der Waals surface area contributed by atoms with Crippen molar-refractivity contribution in [2.75, 3.05) is 13.1 Å². The number of aromatic nitrogens is 1. The minimum atomic E-state index is -3.47. The van der Waals surface area contributed by atoms with Crippen LogP contribution in [0, 0.1) is 18.8 Å². The van der Waals surface area contributed by atoms with Gasteiger partial charge in [-0.3, -0.25) is 0 Å². The molecule has 3 unspecified atom stereocenters. The summed E-state index contributed by atoms with van der Waals surface area (Å²) in [6, 6.07) is 7.25. The summed E-state index contributed by atoms with van der Waals surface area (Å²) >= 11 is 1.53. The summed E-state index contributed by atoms with van der Waals surface area (Å²) in [6.07, 6.45) is 2.05. The molecule has 5 nitrogen and oxygen atoms in total. The van der Waals surface area contributed by atoms with E-state index in [1.54, 1.807) is 22.5 Å². The van der Waals surface area contributed by atoms with E-state index in [1.165, 1.54) is 11.3 Å². The van der Waals surface area contributed by atoms with Crippen LogP contribution in [0.15, 0.2) is 34.5 Å². The van der Waals surface area contributed by atoms with Gasteiger partial charge < -0.3 is 5.73 Å². The predicted molar refractivity (Wildman–Crippen MR) is 95.2 cm³/mol. The molecule has 0 bridgehead atoms. The Morgan fingerprint density at radius 3 is 2.83 bits per heavy atom.